The number of anilines is 3. The minimum atomic E-state index is -0.605. The van der Waals surface area contributed by atoms with E-state index in [0.29, 0.717) is 37.8 Å². The third-order valence-electron chi connectivity index (χ3n) is 5.59. The molecule has 0 spiro atoms. The molecular formula is C21H27N7O2. The van der Waals surface area contributed by atoms with Gasteiger partial charge in [-0.2, -0.15) is 0 Å². The Morgan fingerprint density at radius 1 is 0.833 bits per heavy atom. The van der Waals surface area contributed by atoms with E-state index >= 15 is 0 Å². The number of nitrogens with one attached hydrogen (secondary N) is 1. The summed E-state index contributed by atoms with van der Waals surface area (Å²) in [6, 6.07) is 9.45. The number of aromatic nitrogens is 2. The number of piperazine rings is 2. The molecule has 4 rings (SSSR count). The lowest BCUT2D eigenvalue weighted by Gasteiger charge is -2.34. The molecule has 1 aromatic heterocycles. The van der Waals surface area contributed by atoms with Crippen LogP contribution in [-0.2, 0) is 9.59 Å². The SMILES string of the molecule is CN1CCN(c2ccc(NC(=O)C(=O)N3CCN(c4ncccn4)CC3)cc2)CC1. The van der Waals surface area contributed by atoms with Gasteiger partial charge in [0.2, 0.25) is 5.95 Å². The van der Waals surface area contributed by atoms with Gasteiger partial charge in [0.15, 0.2) is 0 Å². The molecule has 0 aliphatic carbocycles. The molecule has 158 valence electrons. The molecule has 2 aliphatic rings. The number of benzene rings is 1. The highest BCUT2D eigenvalue weighted by atomic mass is 16.2. The first-order valence-electron chi connectivity index (χ1n) is 10.3. The molecule has 2 amide bonds. The maximum atomic E-state index is 12.5. The minimum Gasteiger partial charge on any atom is -0.369 e. The summed E-state index contributed by atoms with van der Waals surface area (Å²) in [6.07, 6.45) is 3.39. The highest BCUT2D eigenvalue weighted by Gasteiger charge is 2.27. The Morgan fingerprint density at radius 2 is 1.43 bits per heavy atom. The summed E-state index contributed by atoms with van der Waals surface area (Å²) >= 11 is 0. The third-order valence-corrected chi connectivity index (χ3v) is 5.59. The van der Waals surface area contributed by atoms with Crippen LogP contribution in [0.15, 0.2) is 42.7 Å². The quantitative estimate of drug-likeness (QED) is 0.740. The maximum Gasteiger partial charge on any atom is 0.313 e. The number of hydrogen-bond acceptors (Lipinski definition) is 7. The average molecular weight is 409 g/mol. The summed E-state index contributed by atoms with van der Waals surface area (Å²) in [5.74, 6) is -0.465. The molecule has 30 heavy (non-hydrogen) atoms. The predicted octanol–water partition coefficient (Wildman–Crippen LogP) is 0.516. The first-order valence-corrected chi connectivity index (χ1v) is 10.3. The molecule has 1 N–H and O–H groups in total. The summed E-state index contributed by atoms with van der Waals surface area (Å²) in [5.41, 5.74) is 1.76. The van der Waals surface area contributed by atoms with Crippen LogP contribution < -0.4 is 15.1 Å². The van der Waals surface area contributed by atoms with Crippen LogP contribution in [0.25, 0.3) is 0 Å². The fourth-order valence-corrected chi connectivity index (χ4v) is 3.71. The van der Waals surface area contributed by atoms with E-state index in [-0.39, 0.29) is 0 Å². The van der Waals surface area contributed by atoms with Crippen LogP contribution in [0.1, 0.15) is 0 Å². The number of rotatable bonds is 3. The van der Waals surface area contributed by atoms with E-state index in [1.54, 1.807) is 23.4 Å². The average Bonchev–Trinajstić information content (AvgIpc) is 2.80. The molecule has 0 radical (unpaired) electrons. The Balaban J connectivity index is 1.28. The van der Waals surface area contributed by atoms with Crippen molar-refractivity contribution < 1.29 is 9.59 Å². The van der Waals surface area contributed by atoms with Crippen LogP contribution in [-0.4, -0.2) is 91.0 Å². The van der Waals surface area contributed by atoms with Gasteiger partial charge in [0.1, 0.15) is 0 Å². The predicted molar refractivity (Wildman–Crippen MR) is 116 cm³/mol. The standard InChI is InChI=1S/C21H27N7O2/c1-25-9-11-26(12-10-25)18-5-3-17(4-6-18)24-19(29)20(30)27-13-15-28(16-14-27)21-22-7-2-8-23-21/h2-8H,9-16H2,1H3,(H,24,29). The maximum absolute atomic E-state index is 12.5. The van der Waals surface area contributed by atoms with Crippen molar-refractivity contribution in [1.82, 2.24) is 19.8 Å². The van der Waals surface area contributed by atoms with Crippen LogP contribution in [0, 0.1) is 0 Å². The summed E-state index contributed by atoms with van der Waals surface area (Å²) in [6.45, 7) is 6.18. The summed E-state index contributed by atoms with van der Waals surface area (Å²) < 4.78 is 0. The second kappa shape index (κ2) is 9.08. The van der Waals surface area contributed by atoms with Crippen molar-refractivity contribution in [2.45, 2.75) is 0 Å². The molecular weight excluding hydrogens is 382 g/mol. The molecule has 0 saturated carbocycles. The number of carbonyl (C=O) groups is 2. The van der Waals surface area contributed by atoms with Crippen LogP contribution in [0.4, 0.5) is 17.3 Å². The lowest BCUT2D eigenvalue weighted by atomic mass is 10.2. The zero-order valence-electron chi connectivity index (χ0n) is 17.2. The van der Waals surface area contributed by atoms with Gasteiger partial charge >= 0.3 is 11.8 Å². The van der Waals surface area contributed by atoms with Crippen LogP contribution in [0.5, 0.6) is 0 Å². The molecule has 9 nitrogen and oxygen atoms in total. The molecule has 2 fully saturated rings. The zero-order valence-corrected chi connectivity index (χ0v) is 17.2. The second-order valence-corrected chi connectivity index (χ2v) is 7.62. The lowest BCUT2D eigenvalue weighted by Crippen LogP contribution is -2.52. The minimum absolute atomic E-state index is 0.465. The lowest BCUT2D eigenvalue weighted by molar-refractivity contribution is -0.143. The number of carbonyl (C=O) groups excluding carboxylic acids is 2. The van der Waals surface area contributed by atoms with Crippen molar-refractivity contribution in [3.05, 3.63) is 42.7 Å². The molecule has 3 heterocycles. The van der Waals surface area contributed by atoms with Crippen LogP contribution in [0.3, 0.4) is 0 Å². The largest absolute Gasteiger partial charge is 0.369 e. The van der Waals surface area contributed by atoms with E-state index in [2.05, 4.69) is 32.1 Å². The Hall–Kier alpha value is -3.20. The van der Waals surface area contributed by atoms with Crippen molar-refractivity contribution in [3.8, 4) is 0 Å². The van der Waals surface area contributed by atoms with E-state index < -0.39 is 11.8 Å². The molecule has 0 unspecified atom stereocenters. The Labute approximate surface area is 176 Å². The number of likely N-dealkylation sites (N-methyl/N-ethyl adjacent to an activating group) is 1. The molecule has 1 aromatic carbocycles. The highest BCUT2D eigenvalue weighted by Crippen LogP contribution is 2.19. The van der Waals surface area contributed by atoms with Gasteiger partial charge in [-0.3, -0.25) is 9.59 Å². The Morgan fingerprint density at radius 3 is 2.07 bits per heavy atom. The number of nitrogens with zero attached hydrogens (tertiary/aromatic N) is 6. The van der Waals surface area contributed by atoms with Gasteiger partial charge in [0.25, 0.3) is 0 Å². The van der Waals surface area contributed by atoms with Crippen molar-refractivity contribution in [2.75, 3.05) is 74.5 Å². The summed E-state index contributed by atoms with van der Waals surface area (Å²) in [7, 11) is 2.13. The van der Waals surface area contributed by atoms with Crippen molar-refractivity contribution in [1.29, 1.82) is 0 Å². The van der Waals surface area contributed by atoms with Gasteiger partial charge in [-0.25, -0.2) is 9.97 Å². The van der Waals surface area contributed by atoms with Crippen LogP contribution >= 0.6 is 0 Å². The smallest absolute Gasteiger partial charge is 0.313 e. The van der Waals surface area contributed by atoms with Gasteiger partial charge in [-0.05, 0) is 37.4 Å². The van der Waals surface area contributed by atoms with Crippen LogP contribution in [0.2, 0.25) is 0 Å². The molecule has 9 heteroatoms. The third kappa shape index (κ3) is 4.68. The Bertz CT molecular complexity index is 859. The zero-order chi connectivity index (χ0) is 20.9. The monoisotopic (exact) mass is 409 g/mol. The van der Waals surface area contributed by atoms with E-state index in [9.17, 15) is 9.59 Å². The fraction of sp³-hybridized carbons (Fsp3) is 0.429. The first kappa shape index (κ1) is 20.1. The van der Waals surface area contributed by atoms with E-state index in [1.165, 1.54) is 0 Å². The topological polar surface area (TPSA) is 84.9 Å². The fourth-order valence-electron chi connectivity index (χ4n) is 3.71. The second-order valence-electron chi connectivity index (χ2n) is 7.62. The van der Waals surface area contributed by atoms with E-state index in [4.69, 9.17) is 0 Å². The molecule has 2 saturated heterocycles. The van der Waals surface area contributed by atoms with Gasteiger partial charge < -0.3 is 24.9 Å². The first-order chi connectivity index (χ1) is 14.6. The summed E-state index contributed by atoms with van der Waals surface area (Å²) in [5, 5.41) is 2.72. The Kier molecular flexibility index (Phi) is 6.08. The normalized spacial score (nSPS) is 17.7. The number of hydrogen-bond donors (Lipinski definition) is 1. The van der Waals surface area contributed by atoms with Gasteiger partial charge in [0, 0.05) is 76.1 Å². The van der Waals surface area contributed by atoms with Gasteiger partial charge in [0.05, 0.1) is 0 Å². The van der Waals surface area contributed by atoms with Gasteiger partial charge in [-0.15, -0.1) is 0 Å². The van der Waals surface area contributed by atoms with Gasteiger partial charge in [-0.1, -0.05) is 0 Å². The van der Waals surface area contributed by atoms with E-state index in [0.717, 1.165) is 31.9 Å². The van der Waals surface area contributed by atoms with Crippen molar-refractivity contribution >= 4 is 29.1 Å². The molecule has 0 atom stereocenters. The number of amides is 2. The van der Waals surface area contributed by atoms with Crippen molar-refractivity contribution in [2.24, 2.45) is 0 Å². The molecule has 2 aromatic rings. The highest BCUT2D eigenvalue weighted by molar-refractivity contribution is 6.39. The summed E-state index contributed by atoms with van der Waals surface area (Å²) in [4.78, 5) is 41.7. The van der Waals surface area contributed by atoms with Crippen molar-refractivity contribution in [3.63, 3.8) is 0 Å². The van der Waals surface area contributed by atoms with E-state index in [1.807, 2.05) is 29.2 Å². The molecule has 2 aliphatic heterocycles. The molecule has 0 bridgehead atoms.